The van der Waals surface area contributed by atoms with Gasteiger partial charge in [0.2, 0.25) is 0 Å². The maximum atomic E-state index is 2.49. The van der Waals surface area contributed by atoms with E-state index in [1.54, 1.807) is 0 Å². The zero-order valence-electron chi connectivity index (χ0n) is 13.8. The second kappa shape index (κ2) is 7.46. The van der Waals surface area contributed by atoms with Gasteiger partial charge in [0.15, 0.2) is 0 Å². The van der Waals surface area contributed by atoms with Gasteiger partial charge in [0.25, 0.3) is 0 Å². The Kier molecular flexibility index (Phi) is 6.48. The van der Waals surface area contributed by atoms with Gasteiger partial charge >= 0.3 is 0 Å². The van der Waals surface area contributed by atoms with Crippen LogP contribution in [0.25, 0.3) is 0 Å². The molecular formula is C19H27BP. The summed E-state index contributed by atoms with van der Waals surface area (Å²) in [6.07, 6.45) is 13.2. The zero-order valence-corrected chi connectivity index (χ0v) is 14.7. The quantitative estimate of drug-likeness (QED) is 0.396. The summed E-state index contributed by atoms with van der Waals surface area (Å²) < 4.78 is 0. The van der Waals surface area contributed by atoms with Crippen molar-refractivity contribution >= 4 is 16.3 Å². The molecule has 0 amide bonds. The normalized spacial score (nSPS) is 18.1. The van der Waals surface area contributed by atoms with E-state index in [0.29, 0.717) is 5.16 Å². The molecule has 0 aliphatic heterocycles. The Morgan fingerprint density at radius 3 is 2.14 bits per heavy atom. The van der Waals surface area contributed by atoms with Crippen LogP contribution in [0.15, 0.2) is 54.6 Å². The number of benzene rings is 1. The summed E-state index contributed by atoms with van der Waals surface area (Å²) in [4.78, 5) is 0. The molecule has 1 aromatic carbocycles. The third kappa shape index (κ3) is 4.58. The molecule has 0 saturated heterocycles. The van der Waals surface area contributed by atoms with Gasteiger partial charge in [0, 0.05) is 13.6 Å². The monoisotopic (exact) mass is 297 g/mol. The summed E-state index contributed by atoms with van der Waals surface area (Å²) in [5, 5.41) is 0.666. The molecule has 1 unspecified atom stereocenters. The Balaban J connectivity index is 0.00000220. The van der Waals surface area contributed by atoms with Crippen LogP contribution in [0.3, 0.4) is 0 Å². The first kappa shape index (κ1) is 18.2. The van der Waals surface area contributed by atoms with E-state index < -0.39 is 0 Å². The van der Waals surface area contributed by atoms with Gasteiger partial charge in [0.05, 0.1) is 0 Å². The van der Waals surface area contributed by atoms with Crippen LogP contribution in [0.1, 0.15) is 39.2 Å². The summed E-state index contributed by atoms with van der Waals surface area (Å²) in [6, 6.07) is 10.9. The van der Waals surface area contributed by atoms with E-state index in [4.69, 9.17) is 0 Å². The molecule has 2 rings (SSSR count). The van der Waals surface area contributed by atoms with Crippen LogP contribution in [0.2, 0.25) is 0 Å². The number of allylic oxidation sites excluding steroid dienone is 4. The zero-order chi connectivity index (χ0) is 14.6. The molecular weight excluding hydrogens is 270 g/mol. The fourth-order valence-corrected chi connectivity index (χ4v) is 5.20. The van der Waals surface area contributed by atoms with Crippen molar-refractivity contribution in [2.75, 3.05) is 6.66 Å². The molecule has 0 heterocycles. The first-order valence-electron chi connectivity index (χ1n) is 7.57. The standard InChI is InChI=1S/C19H27P.B/c1-18(2,3)20(4)19(14-9-6-10-15-19)16-13-17-11-7-5-8-12-17;/h5,7-12,14-15H,6,13,16H2,1-4H3;. The van der Waals surface area contributed by atoms with Crippen LogP contribution in [0.4, 0.5) is 0 Å². The second-order valence-corrected chi connectivity index (χ2v) is 10.0. The fraction of sp³-hybridized carbons (Fsp3) is 0.474. The predicted octanol–water partition coefficient (Wildman–Crippen LogP) is 5.40. The smallest absolute Gasteiger partial charge is 0.0268 e. The van der Waals surface area contributed by atoms with Crippen LogP contribution >= 0.6 is 7.92 Å². The largest absolute Gasteiger partial charge is 0.0900 e. The van der Waals surface area contributed by atoms with Crippen LogP contribution in [-0.4, -0.2) is 25.4 Å². The molecule has 0 bridgehead atoms. The highest BCUT2D eigenvalue weighted by atomic mass is 31.1. The molecule has 21 heavy (non-hydrogen) atoms. The average molecular weight is 297 g/mol. The van der Waals surface area contributed by atoms with Gasteiger partial charge in [-0.05, 0) is 36.6 Å². The highest BCUT2D eigenvalue weighted by Crippen LogP contribution is 2.60. The van der Waals surface area contributed by atoms with E-state index in [1.165, 1.54) is 12.0 Å². The van der Waals surface area contributed by atoms with Crippen molar-refractivity contribution < 1.29 is 0 Å². The Labute approximate surface area is 134 Å². The number of aryl methyl sites for hydroxylation is 1. The molecule has 1 aliphatic rings. The maximum absolute atomic E-state index is 2.49. The van der Waals surface area contributed by atoms with Crippen molar-refractivity contribution in [3.8, 4) is 0 Å². The van der Waals surface area contributed by atoms with Gasteiger partial charge in [-0.15, -0.1) is 0 Å². The molecule has 1 atom stereocenters. The number of hydrogen-bond acceptors (Lipinski definition) is 0. The van der Waals surface area contributed by atoms with E-state index in [9.17, 15) is 0 Å². The minimum Gasteiger partial charge on any atom is -0.0900 e. The number of rotatable bonds is 4. The minimum absolute atomic E-state index is 0. The van der Waals surface area contributed by atoms with Gasteiger partial charge < -0.3 is 0 Å². The van der Waals surface area contributed by atoms with Crippen LogP contribution in [-0.2, 0) is 6.42 Å². The third-order valence-electron chi connectivity index (χ3n) is 4.37. The molecule has 111 valence electrons. The summed E-state index contributed by atoms with van der Waals surface area (Å²) in [6.45, 7) is 9.64. The molecule has 1 aliphatic carbocycles. The van der Waals surface area contributed by atoms with Crippen LogP contribution in [0.5, 0.6) is 0 Å². The topological polar surface area (TPSA) is 0 Å². The van der Waals surface area contributed by atoms with Gasteiger partial charge in [-0.2, -0.15) is 0 Å². The summed E-state index contributed by atoms with van der Waals surface area (Å²) in [5.41, 5.74) is 1.46. The lowest BCUT2D eigenvalue weighted by Crippen LogP contribution is -2.31. The Bertz CT molecular complexity index is 470. The lowest BCUT2D eigenvalue weighted by atomic mass is 9.94. The molecule has 0 aromatic heterocycles. The van der Waals surface area contributed by atoms with E-state index in [2.05, 4.69) is 82.1 Å². The SMILES string of the molecule is CP(C(C)(C)C)C1(CCc2ccccc2)C=CCC=C1.[B]. The van der Waals surface area contributed by atoms with Gasteiger partial charge in [-0.1, -0.05) is 83.3 Å². The van der Waals surface area contributed by atoms with Crippen LogP contribution in [0, 0.1) is 0 Å². The van der Waals surface area contributed by atoms with Gasteiger partial charge in [-0.25, -0.2) is 0 Å². The van der Waals surface area contributed by atoms with Crippen molar-refractivity contribution in [2.24, 2.45) is 0 Å². The number of hydrogen-bond donors (Lipinski definition) is 0. The van der Waals surface area contributed by atoms with Crippen molar-refractivity contribution in [1.82, 2.24) is 0 Å². The maximum Gasteiger partial charge on any atom is 0.0268 e. The minimum atomic E-state index is -0.0939. The van der Waals surface area contributed by atoms with E-state index in [0.717, 1.165) is 12.8 Å². The predicted molar refractivity (Wildman–Crippen MR) is 98.7 cm³/mol. The molecule has 2 heteroatoms. The Hall–Kier alpha value is -0.805. The molecule has 0 N–H and O–H groups in total. The van der Waals surface area contributed by atoms with Crippen molar-refractivity contribution in [3.05, 3.63) is 60.2 Å². The first-order valence-corrected chi connectivity index (χ1v) is 9.36. The second-order valence-electron chi connectivity index (χ2n) is 6.75. The highest BCUT2D eigenvalue weighted by molar-refractivity contribution is 7.60. The van der Waals surface area contributed by atoms with Gasteiger partial charge in [-0.3, -0.25) is 0 Å². The molecule has 0 nitrogen and oxygen atoms in total. The molecule has 1 aromatic rings. The van der Waals surface area contributed by atoms with E-state index >= 15 is 0 Å². The molecule has 0 fully saturated rings. The van der Waals surface area contributed by atoms with Crippen molar-refractivity contribution in [1.29, 1.82) is 0 Å². The summed E-state index contributed by atoms with van der Waals surface area (Å²) in [5.74, 6) is 0. The van der Waals surface area contributed by atoms with E-state index in [-0.39, 0.29) is 21.5 Å². The molecule has 0 spiro atoms. The first-order chi connectivity index (χ1) is 9.44. The molecule has 0 saturated carbocycles. The fourth-order valence-electron chi connectivity index (χ4n) is 2.85. The lowest BCUT2D eigenvalue weighted by molar-refractivity contribution is 0.692. The summed E-state index contributed by atoms with van der Waals surface area (Å²) in [7, 11) is -0.0939. The average Bonchev–Trinajstić information content (AvgIpc) is 2.45. The van der Waals surface area contributed by atoms with Crippen molar-refractivity contribution in [3.63, 3.8) is 0 Å². The van der Waals surface area contributed by atoms with Crippen molar-refractivity contribution in [2.45, 2.75) is 50.3 Å². The summed E-state index contributed by atoms with van der Waals surface area (Å²) >= 11 is 0. The Morgan fingerprint density at radius 1 is 1.05 bits per heavy atom. The van der Waals surface area contributed by atoms with E-state index in [1.807, 2.05) is 0 Å². The molecule has 3 radical (unpaired) electrons. The van der Waals surface area contributed by atoms with Gasteiger partial charge in [0.1, 0.15) is 0 Å². The Morgan fingerprint density at radius 2 is 1.62 bits per heavy atom. The third-order valence-corrected chi connectivity index (χ3v) is 8.16. The lowest BCUT2D eigenvalue weighted by Gasteiger charge is -2.43. The highest BCUT2D eigenvalue weighted by Gasteiger charge is 2.37. The van der Waals surface area contributed by atoms with Crippen LogP contribution < -0.4 is 0 Å².